The molecule has 76 valence electrons. The van der Waals surface area contributed by atoms with Crippen molar-refractivity contribution in [2.45, 2.75) is 62.8 Å². The van der Waals surface area contributed by atoms with E-state index in [0.717, 1.165) is 0 Å². The van der Waals surface area contributed by atoms with Gasteiger partial charge in [-0.1, -0.05) is 62.8 Å². The predicted molar refractivity (Wildman–Crippen MR) is 59.4 cm³/mol. The third-order valence-electron chi connectivity index (χ3n) is 3.75. The number of hydrogen-bond donors (Lipinski definition) is 0. The molecular weight excluding hydrogens is 144 g/mol. The van der Waals surface area contributed by atoms with Gasteiger partial charge in [0.1, 0.15) is 0 Å². The molecular formula is C12H28. The zero-order valence-corrected chi connectivity index (χ0v) is 9.50. The highest BCUT2D eigenvalue weighted by Gasteiger charge is 2.42. The Kier molecular flexibility index (Phi) is 4.11. The van der Waals surface area contributed by atoms with E-state index in [1.165, 1.54) is 0 Å². The molecule has 0 rings (SSSR count). The van der Waals surface area contributed by atoms with Crippen LogP contribution in [0, 0.1) is 16.2 Å². The van der Waals surface area contributed by atoms with Gasteiger partial charge in [0.25, 0.3) is 0 Å². The van der Waals surface area contributed by atoms with Gasteiger partial charge in [0.2, 0.25) is 0 Å². The first-order valence-corrected chi connectivity index (χ1v) is 4.50. The molecule has 0 fully saturated rings. The molecule has 0 aromatic rings. The fourth-order valence-corrected chi connectivity index (χ4v) is 1.12. The first kappa shape index (κ1) is 14.5. The summed E-state index contributed by atoms with van der Waals surface area (Å²) in [5, 5.41) is 0. The first-order chi connectivity index (χ1) is 4.50. The molecule has 0 atom stereocenters. The molecule has 0 aliphatic heterocycles. The van der Waals surface area contributed by atoms with Gasteiger partial charge >= 0.3 is 0 Å². The molecule has 0 unspecified atom stereocenters. The molecule has 0 aromatic carbocycles. The van der Waals surface area contributed by atoms with Gasteiger partial charge in [0.05, 0.1) is 0 Å². The zero-order chi connectivity index (χ0) is 9.50. The van der Waals surface area contributed by atoms with Crippen molar-refractivity contribution in [2.24, 2.45) is 16.2 Å². The molecule has 0 amide bonds. The zero-order valence-electron chi connectivity index (χ0n) is 9.50. The Morgan fingerprint density at radius 2 is 0.667 bits per heavy atom. The Morgan fingerprint density at radius 3 is 0.667 bits per heavy atom. The fourth-order valence-electron chi connectivity index (χ4n) is 1.12. The van der Waals surface area contributed by atoms with Crippen LogP contribution in [0.15, 0.2) is 0 Å². The lowest BCUT2D eigenvalue weighted by molar-refractivity contribution is 0.00575. The molecule has 0 bridgehead atoms. The summed E-state index contributed by atoms with van der Waals surface area (Å²) in [6.07, 6.45) is 0. The van der Waals surface area contributed by atoms with Crippen LogP contribution < -0.4 is 0 Å². The normalized spacial score (nSPS) is 14.0. The van der Waals surface area contributed by atoms with Crippen molar-refractivity contribution in [2.75, 3.05) is 0 Å². The lowest BCUT2D eigenvalue weighted by Gasteiger charge is -2.49. The highest BCUT2D eigenvalue weighted by molar-refractivity contribution is 4.91. The van der Waals surface area contributed by atoms with E-state index < -0.39 is 0 Å². The summed E-state index contributed by atoms with van der Waals surface area (Å²) < 4.78 is 0. The van der Waals surface area contributed by atoms with Crippen LogP contribution in [-0.2, 0) is 0 Å². The van der Waals surface area contributed by atoms with Crippen LogP contribution in [0.4, 0.5) is 0 Å². The first-order valence-electron chi connectivity index (χ1n) is 4.50. The molecule has 0 saturated carbocycles. The van der Waals surface area contributed by atoms with Gasteiger partial charge < -0.3 is 0 Å². The van der Waals surface area contributed by atoms with Crippen LogP contribution in [0.3, 0.4) is 0 Å². The smallest absolute Gasteiger partial charge is 0.0257 e. The summed E-state index contributed by atoms with van der Waals surface area (Å²) in [7, 11) is 0. The van der Waals surface area contributed by atoms with E-state index in [0.29, 0.717) is 16.2 Å². The highest BCUT2D eigenvalue weighted by atomic mass is 14.5. The SMILES string of the molecule is C.CC(C)(C)C(C)(C)C(C)(C)C. The summed E-state index contributed by atoms with van der Waals surface area (Å²) in [4.78, 5) is 0. The Balaban J connectivity index is 0. The molecule has 12 heavy (non-hydrogen) atoms. The number of hydrogen-bond acceptors (Lipinski definition) is 0. The minimum atomic E-state index is 0. The Morgan fingerprint density at radius 1 is 0.500 bits per heavy atom. The van der Waals surface area contributed by atoms with Crippen molar-refractivity contribution >= 4 is 0 Å². The van der Waals surface area contributed by atoms with Gasteiger partial charge in [-0.15, -0.1) is 0 Å². The fraction of sp³-hybridized carbons (Fsp3) is 1.00. The topological polar surface area (TPSA) is 0 Å². The van der Waals surface area contributed by atoms with Crippen molar-refractivity contribution < 1.29 is 0 Å². The van der Waals surface area contributed by atoms with E-state index in [1.54, 1.807) is 0 Å². The lowest BCUT2D eigenvalue weighted by Crippen LogP contribution is -2.41. The minimum Gasteiger partial charge on any atom is -0.0776 e. The Hall–Kier alpha value is 0. The summed E-state index contributed by atoms with van der Waals surface area (Å²) in [6.45, 7) is 18.6. The summed E-state index contributed by atoms with van der Waals surface area (Å²) in [5.74, 6) is 0. The number of rotatable bonds is 0. The monoisotopic (exact) mass is 172 g/mol. The molecule has 0 aliphatic carbocycles. The van der Waals surface area contributed by atoms with Crippen LogP contribution >= 0.6 is 0 Å². The van der Waals surface area contributed by atoms with E-state index in [4.69, 9.17) is 0 Å². The standard InChI is InChI=1S/C11H24.CH4/c1-9(2,3)11(7,8)10(4,5)6;/h1-8H3;1H4. The molecule has 0 radical (unpaired) electrons. The van der Waals surface area contributed by atoms with Crippen molar-refractivity contribution in [1.29, 1.82) is 0 Å². The van der Waals surface area contributed by atoms with Crippen molar-refractivity contribution in [3.63, 3.8) is 0 Å². The molecule has 0 spiro atoms. The minimum absolute atomic E-state index is 0. The predicted octanol–water partition coefficient (Wildman–Crippen LogP) is 4.74. The van der Waals surface area contributed by atoms with Crippen LogP contribution in [0.1, 0.15) is 62.8 Å². The largest absolute Gasteiger partial charge is 0.0776 e. The molecule has 0 saturated heterocycles. The van der Waals surface area contributed by atoms with Crippen molar-refractivity contribution in [3.05, 3.63) is 0 Å². The van der Waals surface area contributed by atoms with Gasteiger partial charge in [0.15, 0.2) is 0 Å². The summed E-state index contributed by atoms with van der Waals surface area (Å²) >= 11 is 0. The molecule has 0 aliphatic rings. The third kappa shape index (κ3) is 2.50. The Labute approximate surface area is 79.8 Å². The summed E-state index contributed by atoms with van der Waals surface area (Å²) in [5.41, 5.74) is 1.14. The third-order valence-corrected chi connectivity index (χ3v) is 3.75. The maximum Gasteiger partial charge on any atom is -0.0257 e. The van der Waals surface area contributed by atoms with E-state index >= 15 is 0 Å². The second kappa shape index (κ2) is 3.40. The molecule has 0 heteroatoms. The molecule has 0 nitrogen and oxygen atoms in total. The van der Waals surface area contributed by atoms with E-state index in [1.807, 2.05) is 0 Å². The maximum atomic E-state index is 2.35. The van der Waals surface area contributed by atoms with Crippen molar-refractivity contribution in [1.82, 2.24) is 0 Å². The van der Waals surface area contributed by atoms with E-state index in [9.17, 15) is 0 Å². The second-order valence-corrected chi connectivity index (χ2v) is 6.12. The van der Waals surface area contributed by atoms with Crippen LogP contribution in [0.5, 0.6) is 0 Å². The van der Waals surface area contributed by atoms with Gasteiger partial charge in [-0.05, 0) is 16.2 Å². The van der Waals surface area contributed by atoms with Crippen LogP contribution in [-0.4, -0.2) is 0 Å². The van der Waals surface area contributed by atoms with Gasteiger partial charge in [0, 0.05) is 0 Å². The quantitative estimate of drug-likeness (QED) is 0.495. The van der Waals surface area contributed by atoms with E-state index in [-0.39, 0.29) is 7.43 Å². The Bertz CT molecular complexity index is 111. The average Bonchev–Trinajstić information content (AvgIpc) is 1.58. The van der Waals surface area contributed by atoms with Crippen molar-refractivity contribution in [3.8, 4) is 0 Å². The van der Waals surface area contributed by atoms with Gasteiger partial charge in [-0.3, -0.25) is 0 Å². The highest BCUT2D eigenvalue weighted by Crippen LogP contribution is 2.50. The molecule has 0 heterocycles. The lowest BCUT2D eigenvalue weighted by atomic mass is 9.56. The van der Waals surface area contributed by atoms with Crippen LogP contribution in [0.2, 0.25) is 0 Å². The maximum absolute atomic E-state index is 2.35. The van der Waals surface area contributed by atoms with Gasteiger partial charge in [-0.25, -0.2) is 0 Å². The summed E-state index contributed by atoms with van der Waals surface area (Å²) in [6, 6.07) is 0. The van der Waals surface area contributed by atoms with Gasteiger partial charge in [-0.2, -0.15) is 0 Å². The molecule has 0 aromatic heterocycles. The van der Waals surface area contributed by atoms with E-state index in [2.05, 4.69) is 55.4 Å². The molecule has 0 N–H and O–H groups in total. The average molecular weight is 172 g/mol. The second-order valence-electron chi connectivity index (χ2n) is 6.12. The van der Waals surface area contributed by atoms with Crippen LogP contribution in [0.25, 0.3) is 0 Å².